The molecule has 198 valence electrons. The third-order valence-corrected chi connectivity index (χ3v) is 9.54. The van der Waals surface area contributed by atoms with Gasteiger partial charge < -0.3 is 20.1 Å². The molecule has 1 aliphatic heterocycles. The number of anilines is 4. The predicted molar refractivity (Wildman–Crippen MR) is 151 cm³/mol. The molecule has 11 heteroatoms. The van der Waals surface area contributed by atoms with E-state index in [2.05, 4.69) is 56.7 Å². The fourth-order valence-corrected chi connectivity index (χ4v) is 6.56. The van der Waals surface area contributed by atoms with Gasteiger partial charge in [-0.15, -0.1) is 0 Å². The Balaban J connectivity index is 1.22. The largest absolute Gasteiger partial charge is 0.366 e. The van der Waals surface area contributed by atoms with E-state index in [0.29, 0.717) is 37.2 Å². The first-order valence-corrected chi connectivity index (χ1v) is 14.5. The van der Waals surface area contributed by atoms with Gasteiger partial charge in [-0.1, -0.05) is 6.07 Å². The monoisotopic (exact) mass is 532 g/mol. The number of aromatic nitrogens is 4. The Morgan fingerprint density at radius 2 is 1.95 bits per heavy atom. The number of nitrogens with zero attached hydrogens (tertiary/aromatic N) is 6. The van der Waals surface area contributed by atoms with Crippen LogP contribution in [0, 0.1) is 0 Å². The van der Waals surface area contributed by atoms with E-state index in [1.165, 1.54) is 9.99 Å². The van der Waals surface area contributed by atoms with Crippen molar-refractivity contribution in [2.45, 2.75) is 37.6 Å². The van der Waals surface area contributed by atoms with E-state index in [0.717, 1.165) is 41.9 Å². The maximum atomic E-state index is 12.9. The average Bonchev–Trinajstić information content (AvgIpc) is 3.73. The molecule has 4 aromatic rings. The second kappa shape index (κ2) is 9.88. The Hall–Kier alpha value is -3.70. The summed E-state index contributed by atoms with van der Waals surface area (Å²) in [4.78, 5) is 16.1. The van der Waals surface area contributed by atoms with Crippen molar-refractivity contribution in [1.82, 2.24) is 24.8 Å². The Bertz CT molecular complexity index is 1550. The number of fused-ring (bicyclic) bond motifs is 1. The van der Waals surface area contributed by atoms with E-state index in [1.807, 2.05) is 29.0 Å². The lowest BCUT2D eigenvalue weighted by Crippen LogP contribution is -2.49. The highest BCUT2D eigenvalue weighted by Crippen LogP contribution is 2.33. The summed E-state index contributed by atoms with van der Waals surface area (Å²) in [5.41, 5.74) is 3.69. The number of nitrogens with one attached hydrogen (secondary N) is 2. The number of piperazine rings is 1. The fraction of sp³-hybridized carbons (Fsp3) is 0.370. The summed E-state index contributed by atoms with van der Waals surface area (Å²) in [7, 11) is -1.81. The summed E-state index contributed by atoms with van der Waals surface area (Å²) in [6, 6.07) is 14.5. The fourth-order valence-electron chi connectivity index (χ4n) is 4.98. The van der Waals surface area contributed by atoms with Crippen LogP contribution in [0.3, 0.4) is 0 Å². The van der Waals surface area contributed by atoms with Crippen LogP contribution in [0.5, 0.6) is 0 Å². The molecule has 1 atom stereocenters. The van der Waals surface area contributed by atoms with E-state index >= 15 is 0 Å². The van der Waals surface area contributed by atoms with Gasteiger partial charge in [0.1, 0.15) is 11.5 Å². The highest BCUT2D eigenvalue weighted by atomic mass is 32.2. The standard InChI is InChI=1S/C27H32N8O2S/c1-19-16-28-13-15-35(19)23-7-5-22(6-8-23)31-27-30-17-20-11-14-34(26(20)32-27)18-21-4-3-12-29-25(21)33(2)38(36,37)24-9-10-24/h3-8,11-12,14,17,19,24,28H,9-10,13,15-16,18H2,1-2H3,(H,30,31,32)/t19-/m0/s1. The summed E-state index contributed by atoms with van der Waals surface area (Å²) in [6.07, 6.45) is 6.79. The van der Waals surface area contributed by atoms with Crippen molar-refractivity contribution >= 4 is 44.2 Å². The number of rotatable bonds is 8. The van der Waals surface area contributed by atoms with Crippen LogP contribution in [0.15, 0.2) is 61.1 Å². The van der Waals surface area contributed by atoms with Crippen molar-refractivity contribution < 1.29 is 8.42 Å². The van der Waals surface area contributed by atoms with Gasteiger partial charge in [-0.3, -0.25) is 4.31 Å². The topological polar surface area (TPSA) is 108 Å². The summed E-state index contributed by atoms with van der Waals surface area (Å²) < 4.78 is 29.0. The lowest BCUT2D eigenvalue weighted by Gasteiger charge is -2.36. The first-order chi connectivity index (χ1) is 18.4. The molecule has 4 heterocycles. The number of hydrogen-bond acceptors (Lipinski definition) is 8. The van der Waals surface area contributed by atoms with Crippen LogP contribution < -0.4 is 19.8 Å². The zero-order valence-electron chi connectivity index (χ0n) is 21.6. The van der Waals surface area contributed by atoms with Crippen molar-refractivity contribution in [2.24, 2.45) is 0 Å². The Labute approximate surface area is 222 Å². The Kier molecular flexibility index (Phi) is 6.40. The number of hydrogen-bond donors (Lipinski definition) is 2. The Morgan fingerprint density at radius 1 is 1.13 bits per heavy atom. The van der Waals surface area contributed by atoms with Crippen LogP contribution in [0.4, 0.5) is 23.1 Å². The first kappa shape index (κ1) is 24.6. The Morgan fingerprint density at radius 3 is 2.71 bits per heavy atom. The average molecular weight is 533 g/mol. The molecule has 1 saturated carbocycles. The molecular weight excluding hydrogens is 500 g/mol. The lowest BCUT2D eigenvalue weighted by molar-refractivity contribution is 0.501. The highest BCUT2D eigenvalue weighted by Gasteiger charge is 2.39. The van der Waals surface area contributed by atoms with E-state index in [9.17, 15) is 8.42 Å². The second-order valence-electron chi connectivity index (χ2n) is 10.0. The van der Waals surface area contributed by atoms with E-state index < -0.39 is 10.0 Å². The van der Waals surface area contributed by atoms with Crippen LogP contribution in [0.25, 0.3) is 11.0 Å². The molecule has 10 nitrogen and oxygen atoms in total. The van der Waals surface area contributed by atoms with Gasteiger partial charge in [-0.25, -0.2) is 18.4 Å². The maximum absolute atomic E-state index is 12.9. The minimum atomic E-state index is -3.40. The molecule has 1 saturated heterocycles. The van der Waals surface area contributed by atoms with Crippen LogP contribution in [0.2, 0.25) is 0 Å². The molecule has 3 aromatic heterocycles. The van der Waals surface area contributed by atoms with Gasteiger partial charge in [0.05, 0.1) is 11.8 Å². The van der Waals surface area contributed by atoms with Crippen LogP contribution in [0.1, 0.15) is 25.3 Å². The quantitative estimate of drug-likeness (QED) is 0.356. The van der Waals surface area contributed by atoms with Gasteiger partial charge in [0.25, 0.3) is 0 Å². The molecule has 1 aliphatic carbocycles. The number of benzene rings is 1. The van der Waals surface area contributed by atoms with Crippen molar-refractivity contribution in [2.75, 3.05) is 41.2 Å². The van der Waals surface area contributed by atoms with Gasteiger partial charge in [-0.05, 0) is 56.2 Å². The van der Waals surface area contributed by atoms with Gasteiger partial charge in [0, 0.05) is 73.6 Å². The minimum Gasteiger partial charge on any atom is -0.366 e. The molecular formula is C27H32N8O2S. The summed E-state index contributed by atoms with van der Waals surface area (Å²) in [6.45, 7) is 5.64. The normalized spacial score (nSPS) is 18.1. The molecule has 0 amide bonds. The van der Waals surface area contributed by atoms with Crippen molar-refractivity contribution in [3.8, 4) is 0 Å². The summed E-state index contributed by atoms with van der Waals surface area (Å²) >= 11 is 0. The van der Waals surface area contributed by atoms with Crippen molar-refractivity contribution in [3.63, 3.8) is 0 Å². The predicted octanol–water partition coefficient (Wildman–Crippen LogP) is 3.34. The molecule has 0 bridgehead atoms. The van der Waals surface area contributed by atoms with Crippen LogP contribution in [-0.4, -0.2) is 65.9 Å². The number of pyridine rings is 1. The van der Waals surface area contributed by atoms with Gasteiger partial charge in [0.2, 0.25) is 16.0 Å². The molecule has 0 radical (unpaired) electrons. The zero-order valence-corrected chi connectivity index (χ0v) is 22.4. The molecule has 6 rings (SSSR count). The molecule has 2 N–H and O–H groups in total. The first-order valence-electron chi connectivity index (χ1n) is 13.0. The zero-order chi connectivity index (χ0) is 26.3. The highest BCUT2D eigenvalue weighted by molar-refractivity contribution is 7.93. The van der Waals surface area contributed by atoms with Gasteiger partial charge >= 0.3 is 0 Å². The third-order valence-electron chi connectivity index (χ3n) is 7.29. The SMILES string of the molecule is C[C@H]1CNCCN1c1ccc(Nc2ncc3ccn(Cc4cccnc4N(C)S(=O)(=O)C4CC4)c3n2)cc1. The molecule has 0 unspecified atom stereocenters. The number of sulfonamides is 1. The lowest BCUT2D eigenvalue weighted by atomic mass is 10.1. The van der Waals surface area contributed by atoms with Crippen LogP contribution >= 0.6 is 0 Å². The van der Waals surface area contributed by atoms with Crippen molar-refractivity contribution in [1.29, 1.82) is 0 Å². The second-order valence-corrected chi connectivity index (χ2v) is 12.3. The summed E-state index contributed by atoms with van der Waals surface area (Å²) in [5.74, 6) is 0.952. The van der Waals surface area contributed by atoms with E-state index in [-0.39, 0.29) is 5.25 Å². The van der Waals surface area contributed by atoms with Crippen LogP contribution in [-0.2, 0) is 16.6 Å². The van der Waals surface area contributed by atoms with Gasteiger partial charge in [0.15, 0.2) is 0 Å². The minimum absolute atomic E-state index is 0.300. The smallest absolute Gasteiger partial charge is 0.238 e. The van der Waals surface area contributed by atoms with Crippen molar-refractivity contribution in [3.05, 3.63) is 66.6 Å². The molecule has 38 heavy (non-hydrogen) atoms. The van der Waals surface area contributed by atoms with Gasteiger partial charge in [-0.2, -0.15) is 4.98 Å². The molecule has 2 fully saturated rings. The third kappa shape index (κ3) is 4.79. The summed E-state index contributed by atoms with van der Waals surface area (Å²) in [5, 5.41) is 7.35. The maximum Gasteiger partial charge on any atom is 0.238 e. The molecule has 1 aromatic carbocycles. The van der Waals surface area contributed by atoms with E-state index in [4.69, 9.17) is 4.98 Å². The molecule has 2 aliphatic rings. The van der Waals surface area contributed by atoms with E-state index in [1.54, 1.807) is 19.4 Å². The molecule has 0 spiro atoms.